The highest BCUT2D eigenvalue weighted by Crippen LogP contribution is 2.50. The summed E-state index contributed by atoms with van der Waals surface area (Å²) < 4.78 is 41.0. The van der Waals surface area contributed by atoms with Crippen LogP contribution < -0.4 is 33.2 Å². The fraction of sp³-hybridized carbons (Fsp3) is 0.348. The largest absolute Gasteiger partial charge is 0.508 e. The average Bonchev–Trinajstić information content (AvgIpc) is 3.70. The number of methoxy groups -OCH3 is 2. The second-order valence-corrected chi connectivity index (χ2v) is 15.8. The second kappa shape index (κ2) is 16.3. The Morgan fingerprint density at radius 2 is 1.34 bits per heavy atom. The second-order valence-electron chi connectivity index (χ2n) is 15.2. The van der Waals surface area contributed by atoms with Crippen LogP contribution in [0, 0.1) is 0 Å². The number of hydrogen-bond acceptors (Lipinski definition) is 12. The number of aliphatic hydroxyl groups excluding tert-OH is 2. The number of aromatic hydroxyl groups is 1. The molecule has 0 aliphatic carbocycles. The van der Waals surface area contributed by atoms with E-state index in [1.54, 1.807) is 42.5 Å². The first-order valence-corrected chi connectivity index (χ1v) is 20.5. The Bertz CT molecular complexity index is 2400. The normalized spacial score (nSPS) is 21.7. The van der Waals surface area contributed by atoms with Crippen LogP contribution in [0.15, 0.2) is 72.3 Å². The minimum Gasteiger partial charge on any atom is -0.508 e. The number of Topliss-reactive ketones (excluding diaryl/α,β-unsaturated/α-hetero) is 2. The molecule has 0 aromatic heterocycles. The Morgan fingerprint density at radius 3 is 1.86 bits per heavy atom. The van der Waals surface area contributed by atoms with Crippen LogP contribution in [0.2, 0.25) is 0 Å². The zero-order valence-corrected chi connectivity index (χ0v) is 34.7. The molecule has 5 heterocycles. The molecule has 5 aliphatic heterocycles. The maximum atomic E-state index is 13.5. The van der Waals surface area contributed by atoms with Gasteiger partial charge in [0.2, 0.25) is 0 Å². The summed E-state index contributed by atoms with van der Waals surface area (Å²) in [6, 6.07) is 13.7. The lowest BCUT2D eigenvalue weighted by Gasteiger charge is -2.38. The average molecular weight is 870 g/mol. The van der Waals surface area contributed by atoms with Crippen LogP contribution in [0.25, 0.3) is 0 Å². The Labute approximate surface area is 350 Å². The van der Waals surface area contributed by atoms with Gasteiger partial charge < -0.3 is 48.5 Å². The third kappa shape index (κ3) is 7.08. The monoisotopic (exact) mass is 868 g/mol. The molecule has 3 N–H and O–H groups in total. The molecule has 0 spiro atoms. The molecule has 0 bridgehead atoms. The van der Waals surface area contributed by atoms with Crippen molar-refractivity contribution in [3.8, 4) is 46.0 Å². The SMILES string of the molecule is C=C(C)[C@H]1Cc2c(ccc3c2O[C@@H]2COc4cc(CO)c(OC)cc4[C@@H]2C3=O)O1.COc1cc2c(cc1CO)OC[C@H]1Oc3c(ccc(O)c3C/C=C(\C)CBr)C(=O)[C@@H]21. The Morgan fingerprint density at radius 1 is 0.797 bits per heavy atom. The number of phenols is 1. The number of allylic oxidation sites excluding steroid dienone is 2. The molecular formula is C46H45BrO12. The molecule has 5 atom stereocenters. The molecule has 0 saturated carbocycles. The van der Waals surface area contributed by atoms with Gasteiger partial charge in [0.05, 0.1) is 50.4 Å². The molecule has 308 valence electrons. The first-order valence-electron chi connectivity index (χ1n) is 19.3. The number of halogens is 1. The number of aliphatic hydroxyl groups is 2. The molecule has 5 aliphatic rings. The van der Waals surface area contributed by atoms with Gasteiger partial charge in [-0.3, -0.25) is 9.59 Å². The number of fused-ring (bicyclic) bond motifs is 10. The van der Waals surface area contributed by atoms with E-state index in [0.717, 1.165) is 33.4 Å². The van der Waals surface area contributed by atoms with Gasteiger partial charge in [-0.2, -0.15) is 0 Å². The van der Waals surface area contributed by atoms with E-state index in [-0.39, 0.29) is 49.8 Å². The van der Waals surface area contributed by atoms with Gasteiger partial charge in [0, 0.05) is 45.1 Å². The van der Waals surface area contributed by atoms with E-state index in [1.807, 2.05) is 26.0 Å². The molecule has 13 heteroatoms. The van der Waals surface area contributed by atoms with Crippen molar-refractivity contribution < 1.29 is 58.1 Å². The number of ketones is 2. The number of benzene rings is 4. The lowest BCUT2D eigenvalue weighted by atomic mass is 9.81. The molecule has 12 nitrogen and oxygen atoms in total. The van der Waals surface area contributed by atoms with Crippen molar-refractivity contribution in [1.82, 2.24) is 0 Å². The van der Waals surface area contributed by atoms with Crippen LogP contribution in [-0.2, 0) is 26.1 Å². The van der Waals surface area contributed by atoms with Crippen molar-refractivity contribution >= 4 is 27.5 Å². The highest BCUT2D eigenvalue weighted by atomic mass is 79.9. The standard InChI is InChI=1S/C23H23BrO6.C23H22O6/c1-12(9-24)3-4-14-17(26)6-5-15-22(27)21-16-8-18(28-2)13(10-25)7-19(16)29-11-20(21)30-23(14)15;1-11(2)17-8-15-16(28-17)5-4-13-22(25)21-14-7-18(26-3)12(9-24)6-19(14)27-10-20(21)29-23(13)15/h3,5-8,20-21,25-26H,4,9-11H2,1-2H3;4-7,17,20-21,24H,1,8-10H2,2-3H3/b12-3+;/t20-,21+;17-,20-,21+/m11/s1. The van der Waals surface area contributed by atoms with Gasteiger partial charge in [0.1, 0.15) is 77.5 Å². The molecule has 0 unspecified atom stereocenters. The number of rotatable bonds is 8. The molecule has 0 radical (unpaired) electrons. The third-order valence-electron chi connectivity index (χ3n) is 11.5. The summed E-state index contributed by atoms with van der Waals surface area (Å²) in [7, 11) is 3.06. The van der Waals surface area contributed by atoms with Crippen molar-refractivity contribution in [2.45, 2.75) is 70.1 Å². The highest BCUT2D eigenvalue weighted by molar-refractivity contribution is 9.09. The van der Waals surface area contributed by atoms with Crippen LogP contribution in [0.5, 0.6) is 46.0 Å². The van der Waals surface area contributed by atoms with Crippen LogP contribution in [-0.4, -0.2) is 78.0 Å². The summed E-state index contributed by atoms with van der Waals surface area (Å²) in [4.78, 5) is 27.0. The summed E-state index contributed by atoms with van der Waals surface area (Å²) >= 11 is 3.42. The smallest absolute Gasteiger partial charge is 0.178 e. The van der Waals surface area contributed by atoms with Crippen LogP contribution in [0.3, 0.4) is 0 Å². The number of hydrogen-bond donors (Lipinski definition) is 3. The van der Waals surface area contributed by atoms with E-state index in [4.69, 9.17) is 33.2 Å². The van der Waals surface area contributed by atoms with Gasteiger partial charge in [-0.05, 0) is 74.4 Å². The lowest BCUT2D eigenvalue weighted by Crippen LogP contribution is -2.43. The van der Waals surface area contributed by atoms with E-state index in [2.05, 4.69) is 22.5 Å². The number of phenolic OH excluding ortho intramolecular Hbond substituents is 1. The Hall–Kier alpha value is -5.50. The summed E-state index contributed by atoms with van der Waals surface area (Å²) in [5.74, 6) is 2.94. The molecule has 0 amide bonds. The fourth-order valence-corrected chi connectivity index (χ4v) is 8.60. The summed E-state index contributed by atoms with van der Waals surface area (Å²) in [5.41, 5.74) is 7.21. The van der Waals surface area contributed by atoms with Crippen LogP contribution in [0.1, 0.15) is 79.8 Å². The predicted octanol–water partition coefficient (Wildman–Crippen LogP) is 7.08. The van der Waals surface area contributed by atoms with Gasteiger partial charge in [0.25, 0.3) is 0 Å². The summed E-state index contributed by atoms with van der Waals surface area (Å²) in [5, 5.41) is 30.3. The van der Waals surface area contributed by atoms with E-state index in [1.165, 1.54) is 14.2 Å². The maximum absolute atomic E-state index is 13.5. The molecule has 4 aromatic carbocycles. The first-order chi connectivity index (χ1) is 28.5. The number of carbonyl (C=O) groups is 2. The first kappa shape index (κ1) is 40.3. The zero-order chi connectivity index (χ0) is 41.7. The molecule has 4 aromatic rings. The number of carbonyl (C=O) groups excluding carboxylic acids is 2. The van der Waals surface area contributed by atoms with E-state index >= 15 is 0 Å². The molecular weight excluding hydrogens is 824 g/mol. The van der Waals surface area contributed by atoms with E-state index in [0.29, 0.717) is 80.7 Å². The summed E-state index contributed by atoms with van der Waals surface area (Å²) in [6.45, 7) is 8.01. The van der Waals surface area contributed by atoms with Crippen molar-refractivity contribution in [3.05, 3.63) is 117 Å². The van der Waals surface area contributed by atoms with Gasteiger partial charge in [0.15, 0.2) is 11.6 Å². The van der Waals surface area contributed by atoms with Crippen LogP contribution in [0.4, 0.5) is 0 Å². The van der Waals surface area contributed by atoms with E-state index in [9.17, 15) is 24.9 Å². The third-order valence-corrected chi connectivity index (χ3v) is 12.4. The van der Waals surface area contributed by atoms with Gasteiger partial charge in [-0.15, -0.1) is 0 Å². The topological polar surface area (TPSA) is 159 Å². The minimum absolute atomic E-state index is 0.00109. The maximum Gasteiger partial charge on any atom is 0.178 e. The van der Waals surface area contributed by atoms with Crippen molar-refractivity contribution in [3.63, 3.8) is 0 Å². The predicted molar refractivity (Wildman–Crippen MR) is 221 cm³/mol. The van der Waals surface area contributed by atoms with Crippen molar-refractivity contribution in [1.29, 1.82) is 0 Å². The Balaban J connectivity index is 0.000000164. The van der Waals surface area contributed by atoms with Gasteiger partial charge in [-0.25, -0.2) is 0 Å². The number of alkyl halides is 1. The highest BCUT2D eigenvalue weighted by Gasteiger charge is 2.46. The Kier molecular flexibility index (Phi) is 11.1. The molecule has 9 rings (SSSR count). The minimum atomic E-state index is -0.542. The van der Waals surface area contributed by atoms with Gasteiger partial charge >= 0.3 is 0 Å². The molecule has 0 fully saturated rings. The molecule has 0 saturated heterocycles. The van der Waals surface area contributed by atoms with Gasteiger partial charge in [-0.1, -0.05) is 34.2 Å². The number of ether oxygens (including phenoxy) is 7. The lowest BCUT2D eigenvalue weighted by molar-refractivity contribution is 0.0548. The fourth-order valence-electron chi connectivity index (χ4n) is 8.37. The zero-order valence-electron chi connectivity index (χ0n) is 33.1. The molecule has 59 heavy (non-hydrogen) atoms. The quantitative estimate of drug-likeness (QED) is 0.122. The summed E-state index contributed by atoms with van der Waals surface area (Å²) in [6.07, 6.45) is 2.06. The van der Waals surface area contributed by atoms with Crippen molar-refractivity contribution in [2.75, 3.05) is 32.8 Å². The van der Waals surface area contributed by atoms with Crippen LogP contribution >= 0.6 is 15.9 Å². The van der Waals surface area contributed by atoms with E-state index < -0.39 is 24.0 Å². The van der Waals surface area contributed by atoms with Crippen molar-refractivity contribution in [2.24, 2.45) is 0 Å².